The third-order valence-electron chi connectivity index (χ3n) is 2.97. The van der Waals surface area contributed by atoms with Crippen LogP contribution in [0, 0.1) is 0 Å². The van der Waals surface area contributed by atoms with Gasteiger partial charge in [0.05, 0.1) is 17.2 Å². The molecule has 1 N–H and O–H groups in total. The van der Waals surface area contributed by atoms with Gasteiger partial charge in [-0.2, -0.15) is 18.4 Å². The molecule has 0 spiro atoms. The molecule has 0 aliphatic heterocycles. The molecule has 0 saturated carbocycles. The molecule has 0 heterocycles. The predicted molar refractivity (Wildman–Crippen MR) is 86.6 cm³/mol. The Bertz CT molecular complexity index is 739. The van der Waals surface area contributed by atoms with Gasteiger partial charge >= 0.3 is 0 Å². The number of nitrogens with one attached hydrogen (secondary N) is 1. The lowest BCUT2D eigenvalue weighted by atomic mass is 10.1. The number of nitrogens with zero attached hydrogens (tertiary/aromatic N) is 1. The van der Waals surface area contributed by atoms with Gasteiger partial charge in [0.15, 0.2) is 0 Å². The van der Waals surface area contributed by atoms with Crippen molar-refractivity contribution in [3.63, 3.8) is 0 Å². The monoisotopic (exact) mass is 318 g/mol. The molecule has 0 aromatic heterocycles. The minimum absolute atomic E-state index is 0.179. The molecule has 0 radical (unpaired) electrons. The van der Waals surface area contributed by atoms with Crippen LogP contribution in [-0.4, -0.2) is 20.7 Å². The molecule has 2 rings (SSSR count). The summed E-state index contributed by atoms with van der Waals surface area (Å²) < 4.78 is 29.5. The SMILES string of the molecule is CCOc1ccc(C(C)=NNS(=O)(=O)c2ccccc2)cc1. The number of rotatable bonds is 6. The van der Waals surface area contributed by atoms with Crippen molar-refractivity contribution < 1.29 is 13.2 Å². The quantitative estimate of drug-likeness (QED) is 0.658. The molecule has 0 bridgehead atoms. The Balaban J connectivity index is 2.12. The van der Waals surface area contributed by atoms with Crippen LogP contribution >= 0.6 is 0 Å². The summed E-state index contributed by atoms with van der Waals surface area (Å²) in [5, 5.41) is 3.96. The van der Waals surface area contributed by atoms with Gasteiger partial charge in [0.1, 0.15) is 5.75 Å². The van der Waals surface area contributed by atoms with Crippen LogP contribution in [-0.2, 0) is 10.0 Å². The lowest BCUT2D eigenvalue weighted by molar-refractivity contribution is 0.340. The highest BCUT2D eigenvalue weighted by Crippen LogP contribution is 2.13. The van der Waals surface area contributed by atoms with Crippen molar-refractivity contribution in [2.75, 3.05) is 6.61 Å². The second-order valence-corrected chi connectivity index (χ2v) is 6.22. The first kappa shape index (κ1) is 16.0. The predicted octanol–water partition coefficient (Wildman–Crippen LogP) is 2.79. The smallest absolute Gasteiger partial charge is 0.276 e. The number of hydrogen-bond acceptors (Lipinski definition) is 4. The highest BCUT2D eigenvalue weighted by Gasteiger charge is 2.11. The van der Waals surface area contributed by atoms with Crippen LogP contribution in [0.5, 0.6) is 5.75 Å². The van der Waals surface area contributed by atoms with E-state index in [0.717, 1.165) is 11.3 Å². The van der Waals surface area contributed by atoms with E-state index in [1.165, 1.54) is 12.1 Å². The maximum atomic E-state index is 12.1. The zero-order valence-electron chi connectivity index (χ0n) is 12.5. The fraction of sp³-hybridized carbons (Fsp3) is 0.188. The maximum absolute atomic E-state index is 12.1. The van der Waals surface area contributed by atoms with Crippen LogP contribution in [0.25, 0.3) is 0 Å². The topological polar surface area (TPSA) is 67.8 Å². The third-order valence-corrected chi connectivity index (χ3v) is 4.19. The largest absolute Gasteiger partial charge is 0.494 e. The summed E-state index contributed by atoms with van der Waals surface area (Å²) in [6, 6.07) is 15.4. The van der Waals surface area contributed by atoms with E-state index in [9.17, 15) is 8.42 Å². The summed E-state index contributed by atoms with van der Waals surface area (Å²) >= 11 is 0. The first-order valence-corrected chi connectivity index (χ1v) is 8.35. The van der Waals surface area contributed by atoms with Gasteiger partial charge in [-0.3, -0.25) is 0 Å². The molecule has 0 unspecified atom stereocenters. The molecule has 0 amide bonds. The molecule has 0 atom stereocenters. The molecule has 0 fully saturated rings. The average Bonchev–Trinajstić information content (AvgIpc) is 2.54. The van der Waals surface area contributed by atoms with E-state index in [4.69, 9.17) is 4.74 Å². The Morgan fingerprint density at radius 3 is 2.32 bits per heavy atom. The lowest BCUT2D eigenvalue weighted by Gasteiger charge is -2.06. The van der Waals surface area contributed by atoms with Gasteiger partial charge in [-0.1, -0.05) is 18.2 Å². The van der Waals surface area contributed by atoms with E-state index < -0.39 is 10.0 Å². The number of benzene rings is 2. The highest BCUT2D eigenvalue weighted by molar-refractivity contribution is 7.89. The molecule has 2 aromatic rings. The summed E-state index contributed by atoms with van der Waals surface area (Å²) in [6.45, 7) is 4.26. The summed E-state index contributed by atoms with van der Waals surface area (Å²) in [6.07, 6.45) is 0. The van der Waals surface area contributed by atoms with Gasteiger partial charge in [-0.05, 0) is 55.8 Å². The summed E-state index contributed by atoms with van der Waals surface area (Å²) in [4.78, 5) is 2.42. The first-order chi connectivity index (χ1) is 10.5. The molecular formula is C16H18N2O3S. The molecule has 0 saturated heterocycles. The first-order valence-electron chi connectivity index (χ1n) is 6.87. The standard InChI is InChI=1S/C16H18N2O3S/c1-3-21-15-11-9-14(10-12-15)13(2)17-18-22(19,20)16-7-5-4-6-8-16/h4-12,18H,3H2,1-2H3. The van der Waals surface area contributed by atoms with Crippen molar-refractivity contribution in [3.05, 3.63) is 60.2 Å². The zero-order valence-corrected chi connectivity index (χ0v) is 13.3. The Morgan fingerprint density at radius 1 is 1.09 bits per heavy atom. The summed E-state index contributed by atoms with van der Waals surface area (Å²) in [5.74, 6) is 0.768. The van der Waals surface area contributed by atoms with Crippen LogP contribution in [0.1, 0.15) is 19.4 Å². The van der Waals surface area contributed by atoms with Crippen LogP contribution in [0.2, 0.25) is 0 Å². The van der Waals surface area contributed by atoms with E-state index in [1.54, 1.807) is 25.1 Å². The van der Waals surface area contributed by atoms with Crippen LogP contribution in [0.4, 0.5) is 0 Å². The Hall–Kier alpha value is -2.34. The summed E-state index contributed by atoms with van der Waals surface area (Å²) in [5.41, 5.74) is 1.39. The number of sulfonamides is 1. The van der Waals surface area contributed by atoms with Crippen LogP contribution < -0.4 is 9.57 Å². The van der Waals surface area contributed by atoms with Crippen LogP contribution in [0.15, 0.2) is 64.6 Å². The van der Waals surface area contributed by atoms with E-state index >= 15 is 0 Å². The van der Waals surface area contributed by atoms with E-state index in [1.807, 2.05) is 31.2 Å². The molecule has 116 valence electrons. The zero-order chi connectivity index (χ0) is 16.0. The summed E-state index contributed by atoms with van der Waals surface area (Å²) in [7, 11) is -3.64. The van der Waals surface area contributed by atoms with Gasteiger partial charge in [0.2, 0.25) is 0 Å². The van der Waals surface area contributed by atoms with Crippen molar-refractivity contribution in [2.45, 2.75) is 18.7 Å². The molecule has 5 nitrogen and oxygen atoms in total. The Kier molecular flexibility index (Phi) is 5.16. The number of hydrazone groups is 1. The fourth-order valence-electron chi connectivity index (χ4n) is 1.80. The van der Waals surface area contributed by atoms with E-state index in [0.29, 0.717) is 12.3 Å². The van der Waals surface area contributed by atoms with E-state index in [2.05, 4.69) is 9.93 Å². The highest BCUT2D eigenvalue weighted by atomic mass is 32.2. The molecule has 2 aromatic carbocycles. The molecule has 6 heteroatoms. The van der Waals surface area contributed by atoms with Crippen molar-refractivity contribution in [2.24, 2.45) is 5.10 Å². The maximum Gasteiger partial charge on any atom is 0.276 e. The fourth-order valence-corrected chi connectivity index (χ4v) is 2.68. The van der Waals surface area contributed by atoms with E-state index in [-0.39, 0.29) is 4.90 Å². The van der Waals surface area contributed by atoms with Crippen molar-refractivity contribution in [1.29, 1.82) is 0 Å². The van der Waals surface area contributed by atoms with Gasteiger partial charge in [-0.15, -0.1) is 0 Å². The molecule has 0 aliphatic carbocycles. The van der Waals surface area contributed by atoms with Gasteiger partial charge in [0, 0.05) is 0 Å². The van der Waals surface area contributed by atoms with Crippen molar-refractivity contribution >= 4 is 15.7 Å². The molecular weight excluding hydrogens is 300 g/mol. The van der Waals surface area contributed by atoms with Crippen LogP contribution in [0.3, 0.4) is 0 Å². The minimum Gasteiger partial charge on any atom is -0.494 e. The Morgan fingerprint density at radius 2 is 1.73 bits per heavy atom. The third kappa shape index (κ3) is 4.08. The normalized spacial score (nSPS) is 12.0. The van der Waals surface area contributed by atoms with Gasteiger partial charge in [-0.25, -0.2) is 0 Å². The average molecular weight is 318 g/mol. The molecule has 22 heavy (non-hydrogen) atoms. The Labute approximate surface area is 130 Å². The minimum atomic E-state index is -3.64. The van der Waals surface area contributed by atoms with Gasteiger partial charge in [0.25, 0.3) is 10.0 Å². The second-order valence-electron chi connectivity index (χ2n) is 4.56. The second kappa shape index (κ2) is 7.09. The number of ether oxygens (including phenoxy) is 1. The van der Waals surface area contributed by atoms with Crippen molar-refractivity contribution in [3.8, 4) is 5.75 Å². The van der Waals surface area contributed by atoms with Gasteiger partial charge < -0.3 is 4.74 Å². The molecule has 0 aliphatic rings. The lowest BCUT2D eigenvalue weighted by Crippen LogP contribution is -2.19. The van der Waals surface area contributed by atoms with Crippen molar-refractivity contribution in [1.82, 2.24) is 4.83 Å². The number of hydrogen-bond donors (Lipinski definition) is 1.